The van der Waals surface area contributed by atoms with Gasteiger partial charge < -0.3 is 11.2 Å². The summed E-state index contributed by atoms with van der Waals surface area (Å²) in [5, 5.41) is 0. The predicted molar refractivity (Wildman–Crippen MR) is 23.3 cm³/mol. The third kappa shape index (κ3) is 9.22. The molecule has 0 aromatic rings. The van der Waals surface area contributed by atoms with Crippen molar-refractivity contribution in [3.8, 4) is 0 Å². The molecule has 0 saturated heterocycles. The molecule has 0 aliphatic rings. The molecule has 0 aromatic heterocycles. The molecule has 0 radical (unpaired) electrons. The number of rotatable bonds is 1. The summed E-state index contributed by atoms with van der Waals surface area (Å²) in [4.78, 5) is 15.5. The van der Waals surface area contributed by atoms with Gasteiger partial charge >= 0.3 is 38.2 Å². The third-order valence-corrected chi connectivity index (χ3v) is 0.849. The summed E-state index contributed by atoms with van der Waals surface area (Å²) in [5.41, 5.74) is 0. The van der Waals surface area contributed by atoms with Crippen LogP contribution in [0.5, 0.6) is 0 Å². The Labute approximate surface area is 63.2 Å². The summed E-state index contributed by atoms with van der Waals surface area (Å²) in [6, 6.07) is 0. The first kappa shape index (κ1) is 10.7. The van der Waals surface area contributed by atoms with E-state index in [1.165, 1.54) is 0 Å². The molecule has 0 amide bonds. The molecule has 0 aromatic carbocycles. The third-order valence-electron chi connectivity index (χ3n) is 0.0943. The Bertz CT molecular complexity index is 26.9. The van der Waals surface area contributed by atoms with E-state index in [0.29, 0.717) is 0 Å². The van der Waals surface area contributed by atoms with Crippen molar-refractivity contribution in [2.75, 3.05) is 0 Å². The van der Waals surface area contributed by atoms with Gasteiger partial charge in [-0.1, -0.05) is 0 Å². The smallest absolute Gasteiger partial charge is 1.00 e. The van der Waals surface area contributed by atoms with Crippen LogP contribution in [0.1, 0.15) is 1.43 Å². The van der Waals surface area contributed by atoms with E-state index in [0.717, 1.165) is 0 Å². The van der Waals surface area contributed by atoms with E-state index < -0.39 is 8.60 Å². The topological polar surface area (TPSA) is 49.7 Å². The fourth-order valence-corrected chi connectivity index (χ4v) is 0. The van der Waals surface area contributed by atoms with Crippen LogP contribution in [0.15, 0.2) is 0 Å². The quantitative estimate of drug-likeness (QED) is 0.302. The molecule has 0 aliphatic carbocycles. The van der Waals surface area contributed by atoms with Crippen LogP contribution in [0, 0.1) is 0 Å². The summed E-state index contributed by atoms with van der Waals surface area (Å²) in [6.07, 6.45) is 0. The van der Waals surface area contributed by atoms with E-state index in [9.17, 15) is 0 Å². The summed E-state index contributed by atoms with van der Waals surface area (Å²) < 4.78 is 3.84. The number of hydrogen-bond donors (Lipinski definition) is 2. The minimum atomic E-state index is -2.14. The molecule has 0 rings (SSSR count). The molecule has 1 unspecified atom stereocenters. The summed E-state index contributed by atoms with van der Waals surface area (Å²) in [5.74, 6) is 0. The Morgan fingerprint density at radius 1 is 1.67 bits per heavy atom. The van der Waals surface area contributed by atoms with Crippen LogP contribution in [0.25, 0.3) is 0 Å². The molecular formula is H5NaO3P2. The zero-order chi connectivity index (χ0) is 4.28. The maximum atomic E-state index is 7.74. The second kappa shape index (κ2) is 6.74. The van der Waals surface area contributed by atoms with Crippen molar-refractivity contribution < 1.29 is 45.1 Å². The van der Waals surface area contributed by atoms with Gasteiger partial charge in [-0.2, -0.15) is 0 Å². The summed E-state index contributed by atoms with van der Waals surface area (Å²) in [7, 11) is -0.412. The Morgan fingerprint density at radius 3 is 1.83 bits per heavy atom. The van der Waals surface area contributed by atoms with Crippen LogP contribution >= 0.6 is 18.1 Å². The van der Waals surface area contributed by atoms with Crippen molar-refractivity contribution in [1.82, 2.24) is 0 Å². The van der Waals surface area contributed by atoms with Crippen LogP contribution in [0.2, 0.25) is 0 Å². The van der Waals surface area contributed by atoms with Gasteiger partial charge in [0.1, 0.15) is 0 Å². The summed E-state index contributed by atoms with van der Waals surface area (Å²) in [6.45, 7) is 0. The maximum Gasteiger partial charge on any atom is 1.00 e. The maximum absolute atomic E-state index is 7.74. The van der Waals surface area contributed by atoms with Gasteiger partial charge in [-0.3, -0.25) is 4.31 Å². The van der Waals surface area contributed by atoms with Crippen LogP contribution < -0.4 is 29.6 Å². The van der Waals surface area contributed by atoms with E-state index in [2.05, 4.69) is 4.31 Å². The van der Waals surface area contributed by atoms with Gasteiger partial charge in [0.15, 0.2) is 0 Å². The molecule has 0 spiro atoms. The second-order valence-corrected chi connectivity index (χ2v) is 1.71. The SMILES string of the molecule is OP(O)OP.[H-].[Na+]. The standard InChI is InChI=1S/Na.H4O3P2.H/c;1-5(2)3-4;/h;1-2H,4H2;/q+1;;-1. The van der Waals surface area contributed by atoms with Gasteiger partial charge in [-0.05, 0) is 0 Å². The van der Waals surface area contributed by atoms with Gasteiger partial charge in [0, 0.05) is 9.47 Å². The van der Waals surface area contributed by atoms with Gasteiger partial charge in [0.2, 0.25) is 0 Å². The van der Waals surface area contributed by atoms with Crippen LogP contribution in [-0.2, 0) is 4.31 Å². The minimum absolute atomic E-state index is 0. The molecule has 1 atom stereocenters. The molecule has 0 aliphatic heterocycles. The van der Waals surface area contributed by atoms with E-state index in [-0.39, 0.29) is 31.0 Å². The van der Waals surface area contributed by atoms with Gasteiger partial charge in [0.05, 0.1) is 0 Å². The largest absolute Gasteiger partial charge is 1.00 e. The molecule has 0 heterocycles. The Balaban J connectivity index is -0.0000000800. The van der Waals surface area contributed by atoms with Crippen molar-refractivity contribution in [2.45, 2.75) is 0 Å². The second-order valence-electron chi connectivity index (χ2n) is 0.358. The molecule has 6 heavy (non-hydrogen) atoms. The Morgan fingerprint density at radius 2 is 1.83 bits per heavy atom. The minimum Gasteiger partial charge on any atom is -1.00 e. The van der Waals surface area contributed by atoms with E-state index in [4.69, 9.17) is 9.79 Å². The molecule has 0 bridgehead atoms. The average molecular weight is 138 g/mol. The van der Waals surface area contributed by atoms with Crippen molar-refractivity contribution in [2.24, 2.45) is 0 Å². The molecule has 6 heteroatoms. The zero-order valence-corrected chi connectivity index (χ0v) is 7.38. The van der Waals surface area contributed by atoms with E-state index >= 15 is 0 Å². The van der Waals surface area contributed by atoms with E-state index in [1.54, 1.807) is 9.47 Å². The van der Waals surface area contributed by atoms with Gasteiger partial charge in [-0.15, -0.1) is 0 Å². The molecule has 2 N–H and O–H groups in total. The van der Waals surface area contributed by atoms with Crippen molar-refractivity contribution >= 4 is 18.1 Å². The zero-order valence-electron chi connectivity index (χ0n) is 4.33. The monoisotopic (exact) mass is 138 g/mol. The number of hydrogen-bond acceptors (Lipinski definition) is 3. The Hall–Kier alpha value is 1.74. The first-order valence-corrected chi connectivity index (χ1v) is 2.45. The first-order valence-electron chi connectivity index (χ1n) is 0.818. The van der Waals surface area contributed by atoms with Crippen molar-refractivity contribution in [3.05, 3.63) is 0 Å². The van der Waals surface area contributed by atoms with Crippen LogP contribution in [-0.4, -0.2) is 9.79 Å². The fourth-order valence-electron chi connectivity index (χ4n) is 0. The molecule has 34 valence electrons. The van der Waals surface area contributed by atoms with Crippen molar-refractivity contribution in [1.29, 1.82) is 0 Å². The van der Waals surface area contributed by atoms with Crippen LogP contribution in [0.3, 0.4) is 0 Å². The van der Waals surface area contributed by atoms with Crippen LogP contribution in [0.4, 0.5) is 0 Å². The molecule has 0 fully saturated rings. The summed E-state index contributed by atoms with van der Waals surface area (Å²) >= 11 is 0. The molecule has 3 nitrogen and oxygen atoms in total. The van der Waals surface area contributed by atoms with Crippen molar-refractivity contribution in [3.63, 3.8) is 0 Å². The normalized spacial score (nSPS) is 8.00. The fraction of sp³-hybridized carbons (Fsp3) is 0. The molecular weight excluding hydrogens is 133 g/mol. The Kier molecular flexibility index (Phi) is 12.0. The van der Waals surface area contributed by atoms with E-state index in [1.807, 2.05) is 0 Å². The average Bonchev–Trinajstić information content (AvgIpc) is 1.38. The first-order chi connectivity index (χ1) is 2.27. The van der Waals surface area contributed by atoms with Gasteiger partial charge in [0.25, 0.3) is 0 Å². The van der Waals surface area contributed by atoms with Gasteiger partial charge in [-0.25, -0.2) is 0 Å². The predicted octanol–water partition coefficient (Wildman–Crippen LogP) is -2.88. The molecule has 0 saturated carbocycles.